The van der Waals surface area contributed by atoms with Crippen molar-refractivity contribution in [2.45, 2.75) is 45.8 Å². The Morgan fingerprint density at radius 1 is 1.09 bits per heavy atom. The van der Waals surface area contributed by atoms with Gasteiger partial charge >= 0.3 is 0 Å². The first-order valence-electron chi connectivity index (χ1n) is 11.7. The van der Waals surface area contributed by atoms with E-state index in [-0.39, 0.29) is 24.0 Å². The van der Waals surface area contributed by atoms with Gasteiger partial charge in [-0.25, -0.2) is 0 Å². The summed E-state index contributed by atoms with van der Waals surface area (Å²) in [5.41, 5.74) is 1.22. The van der Waals surface area contributed by atoms with Crippen LogP contribution >= 0.6 is 24.0 Å². The van der Waals surface area contributed by atoms with E-state index in [2.05, 4.69) is 58.2 Å². The zero-order valence-corrected chi connectivity index (χ0v) is 22.7. The third kappa shape index (κ3) is 10.7. The molecule has 8 heteroatoms. The normalized spacial score (nSPS) is 15.0. The molecular weight excluding hydrogens is 519 g/mol. The largest absolute Gasteiger partial charge is 0.492 e. The van der Waals surface area contributed by atoms with E-state index < -0.39 is 0 Å². The van der Waals surface area contributed by atoms with Crippen molar-refractivity contribution in [3.05, 3.63) is 29.8 Å². The molecule has 1 aliphatic heterocycles. The standard InChI is InChI=1S/C24H42N4O3.HI/c1-5-27(6-2)16-19-31-22-10-8-21(9-11-22)20-26-24(25-3)28-14-12-23(13-15-28)30-18-7-17-29-4;/h8-11,23H,5-7,12-20H2,1-4H3,(H,25,26);1H. The number of rotatable bonds is 13. The lowest BCUT2D eigenvalue weighted by Gasteiger charge is -2.34. The summed E-state index contributed by atoms with van der Waals surface area (Å²) in [7, 11) is 3.58. The topological polar surface area (TPSA) is 58.6 Å². The molecule has 1 heterocycles. The van der Waals surface area contributed by atoms with Crippen LogP contribution in [0.2, 0.25) is 0 Å². The molecule has 1 N–H and O–H groups in total. The number of nitrogens with one attached hydrogen (secondary N) is 1. The molecule has 0 radical (unpaired) electrons. The van der Waals surface area contributed by atoms with Crippen LogP contribution in [0, 0.1) is 0 Å². The molecule has 0 bridgehead atoms. The number of ether oxygens (including phenoxy) is 3. The highest BCUT2D eigenvalue weighted by Gasteiger charge is 2.21. The predicted octanol–water partition coefficient (Wildman–Crippen LogP) is 3.62. The Kier molecular flexibility index (Phi) is 15.7. The molecule has 2 rings (SSSR count). The molecule has 0 aliphatic carbocycles. The lowest BCUT2D eigenvalue weighted by Crippen LogP contribution is -2.46. The van der Waals surface area contributed by atoms with Crippen molar-refractivity contribution < 1.29 is 14.2 Å². The molecule has 32 heavy (non-hydrogen) atoms. The van der Waals surface area contributed by atoms with Gasteiger partial charge in [-0.15, -0.1) is 24.0 Å². The molecule has 184 valence electrons. The summed E-state index contributed by atoms with van der Waals surface area (Å²) in [6.07, 6.45) is 3.38. The van der Waals surface area contributed by atoms with Crippen molar-refractivity contribution in [1.82, 2.24) is 15.1 Å². The van der Waals surface area contributed by atoms with E-state index >= 15 is 0 Å². The van der Waals surface area contributed by atoms with Gasteiger partial charge in [-0.1, -0.05) is 26.0 Å². The monoisotopic (exact) mass is 562 g/mol. The lowest BCUT2D eigenvalue weighted by molar-refractivity contribution is 0.00989. The van der Waals surface area contributed by atoms with Crippen molar-refractivity contribution >= 4 is 29.9 Å². The Balaban J connectivity index is 0.00000512. The number of benzene rings is 1. The number of hydrogen-bond donors (Lipinski definition) is 1. The van der Waals surface area contributed by atoms with Crippen LogP contribution in [0.4, 0.5) is 0 Å². The molecule has 1 aromatic carbocycles. The molecular formula is C24H43IN4O3. The van der Waals surface area contributed by atoms with Crippen molar-refractivity contribution in [1.29, 1.82) is 0 Å². The second-order valence-corrected chi connectivity index (χ2v) is 7.82. The molecule has 0 unspecified atom stereocenters. The highest BCUT2D eigenvalue weighted by Crippen LogP contribution is 2.15. The van der Waals surface area contributed by atoms with Gasteiger partial charge in [-0.2, -0.15) is 0 Å². The smallest absolute Gasteiger partial charge is 0.193 e. The number of likely N-dealkylation sites (tertiary alicyclic amines) is 1. The van der Waals surface area contributed by atoms with Crippen LogP contribution in [0.1, 0.15) is 38.7 Å². The highest BCUT2D eigenvalue weighted by atomic mass is 127. The lowest BCUT2D eigenvalue weighted by atomic mass is 10.1. The average Bonchev–Trinajstić information content (AvgIpc) is 2.82. The van der Waals surface area contributed by atoms with Gasteiger partial charge in [0.15, 0.2) is 5.96 Å². The number of methoxy groups -OCH3 is 1. The molecule has 0 aromatic heterocycles. The van der Waals surface area contributed by atoms with Gasteiger partial charge in [0.25, 0.3) is 0 Å². The SMILES string of the molecule is CCN(CC)CCOc1ccc(CNC(=NC)N2CCC(OCCCOC)CC2)cc1.I. The molecule has 0 saturated carbocycles. The van der Waals surface area contributed by atoms with E-state index in [0.717, 1.165) is 90.1 Å². The third-order valence-electron chi connectivity index (χ3n) is 5.74. The maximum absolute atomic E-state index is 5.96. The van der Waals surface area contributed by atoms with Gasteiger partial charge in [-0.3, -0.25) is 4.99 Å². The molecule has 1 fully saturated rings. The molecule has 1 aromatic rings. The maximum atomic E-state index is 5.96. The van der Waals surface area contributed by atoms with Crippen LogP contribution in [0.3, 0.4) is 0 Å². The quantitative estimate of drug-likeness (QED) is 0.172. The number of nitrogens with zero attached hydrogens (tertiary/aromatic N) is 3. The zero-order valence-electron chi connectivity index (χ0n) is 20.3. The predicted molar refractivity (Wildman–Crippen MR) is 142 cm³/mol. The minimum atomic E-state index is 0. The summed E-state index contributed by atoms with van der Waals surface area (Å²) in [4.78, 5) is 9.15. The Labute approximate surface area is 211 Å². The summed E-state index contributed by atoms with van der Waals surface area (Å²) in [6, 6.07) is 8.34. The first-order valence-corrected chi connectivity index (χ1v) is 11.7. The molecule has 1 aliphatic rings. The maximum Gasteiger partial charge on any atom is 0.193 e. The van der Waals surface area contributed by atoms with Crippen LogP contribution in [0.15, 0.2) is 29.3 Å². The van der Waals surface area contributed by atoms with Crippen LogP contribution in [0.25, 0.3) is 0 Å². The third-order valence-corrected chi connectivity index (χ3v) is 5.74. The van der Waals surface area contributed by atoms with Gasteiger partial charge < -0.3 is 29.3 Å². The Morgan fingerprint density at radius 2 is 1.78 bits per heavy atom. The number of halogens is 1. The fraction of sp³-hybridized carbons (Fsp3) is 0.708. The minimum absolute atomic E-state index is 0. The van der Waals surface area contributed by atoms with Crippen molar-refractivity contribution in [3.8, 4) is 5.75 Å². The number of hydrogen-bond acceptors (Lipinski definition) is 5. The highest BCUT2D eigenvalue weighted by molar-refractivity contribution is 14.0. The van der Waals surface area contributed by atoms with E-state index in [1.807, 2.05) is 7.05 Å². The summed E-state index contributed by atoms with van der Waals surface area (Å²) < 4.78 is 16.9. The van der Waals surface area contributed by atoms with E-state index in [4.69, 9.17) is 14.2 Å². The summed E-state index contributed by atoms with van der Waals surface area (Å²) in [5, 5.41) is 3.49. The Morgan fingerprint density at radius 3 is 2.38 bits per heavy atom. The average molecular weight is 563 g/mol. The summed E-state index contributed by atoms with van der Waals surface area (Å²) >= 11 is 0. The van der Waals surface area contributed by atoms with Crippen LogP contribution in [-0.2, 0) is 16.0 Å². The fourth-order valence-corrected chi connectivity index (χ4v) is 3.74. The Hall–Kier alpha value is -1.10. The van der Waals surface area contributed by atoms with Crippen LogP contribution in [-0.4, -0.2) is 88.6 Å². The first-order chi connectivity index (χ1) is 15.2. The summed E-state index contributed by atoms with van der Waals surface area (Å²) in [6.45, 7) is 12.4. The zero-order chi connectivity index (χ0) is 22.3. The molecule has 1 saturated heterocycles. The van der Waals surface area contributed by atoms with E-state index in [1.165, 1.54) is 5.56 Å². The van der Waals surface area contributed by atoms with Gasteiger partial charge in [0.1, 0.15) is 12.4 Å². The van der Waals surface area contributed by atoms with Crippen molar-refractivity contribution in [2.24, 2.45) is 4.99 Å². The molecule has 0 amide bonds. The van der Waals surface area contributed by atoms with Gasteiger partial charge in [0, 0.05) is 53.6 Å². The van der Waals surface area contributed by atoms with Gasteiger partial charge in [0.05, 0.1) is 6.10 Å². The minimum Gasteiger partial charge on any atom is -0.492 e. The van der Waals surface area contributed by atoms with Crippen molar-refractivity contribution in [2.75, 3.05) is 66.7 Å². The molecule has 0 atom stereocenters. The number of piperidine rings is 1. The molecule has 7 nitrogen and oxygen atoms in total. The van der Waals surface area contributed by atoms with Crippen LogP contribution < -0.4 is 10.1 Å². The fourth-order valence-electron chi connectivity index (χ4n) is 3.74. The summed E-state index contributed by atoms with van der Waals surface area (Å²) in [5.74, 6) is 1.88. The molecule has 0 spiro atoms. The Bertz CT molecular complexity index is 618. The van der Waals surface area contributed by atoms with Crippen LogP contribution in [0.5, 0.6) is 5.75 Å². The van der Waals surface area contributed by atoms with Crippen molar-refractivity contribution in [3.63, 3.8) is 0 Å². The van der Waals surface area contributed by atoms with E-state index in [1.54, 1.807) is 7.11 Å². The van der Waals surface area contributed by atoms with E-state index in [0.29, 0.717) is 6.10 Å². The second kappa shape index (κ2) is 17.4. The van der Waals surface area contributed by atoms with Gasteiger partial charge in [-0.05, 0) is 50.0 Å². The number of aliphatic imine (C=N–C) groups is 1. The number of likely N-dealkylation sites (N-methyl/N-ethyl adjacent to an activating group) is 1. The van der Waals surface area contributed by atoms with Gasteiger partial charge in [0.2, 0.25) is 0 Å². The second-order valence-electron chi connectivity index (χ2n) is 7.82. The van der Waals surface area contributed by atoms with E-state index in [9.17, 15) is 0 Å². The first kappa shape index (κ1) is 28.9. The number of guanidine groups is 1.